The number of rotatable bonds is 4. The molecule has 0 fully saturated rings. The van der Waals surface area contributed by atoms with Crippen LogP contribution in [0.1, 0.15) is 27.2 Å². The van der Waals surface area contributed by atoms with Crippen molar-refractivity contribution in [3.05, 3.63) is 52.8 Å². The van der Waals surface area contributed by atoms with Gasteiger partial charge in [-0.05, 0) is 29.7 Å². The fourth-order valence-corrected chi connectivity index (χ4v) is 2.64. The molecule has 0 saturated heterocycles. The number of carbonyl (C=O) groups excluding carboxylic acids is 1. The molecule has 5 nitrogen and oxygen atoms in total. The van der Waals surface area contributed by atoms with Gasteiger partial charge in [-0.15, -0.1) is 0 Å². The number of likely N-dealkylation sites (N-methyl/N-ethyl adjacent to an activating group) is 1. The molecule has 5 heteroatoms. The lowest BCUT2D eigenvalue weighted by Crippen LogP contribution is -2.34. The van der Waals surface area contributed by atoms with Gasteiger partial charge in [0.1, 0.15) is 0 Å². The van der Waals surface area contributed by atoms with Crippen molar-refractivity contribution in [2.24, 2.45) is 0 Å². The van der Waals surface area contributed by atoms with Crippen LogP contribution in [0.5, 0.6) is 0 Å². The highest BCUT2D eigenvalue weighted by molar-refractivity contribution is 5.96. The first-order valence-corrected chi connectivity index (χ1v) is 7.06. The summed E-state index contributed by atoms with van der Waals surface area (Å²) in [6, 6.07) is 8.08. The fourth-order valence-electron chi connectivity index (χ4n) is 2.64. The fraction of sp³-hybridized carbons (Fsp3) is 0.375. The zero-order valence-electron chi connectivity index (χ0n) is 12.4. The molecule has 1 aliphatic heterocycles. The molecule has 0 N–H and O–H groups in total. The third-order valence-electron chi connectivity index (χ3n) is 3.80. The van der Waals surface area contributed by atoms with Gasteiger partial charge in [0.25, 0.3) is 5.91 Å². The van der Waals surface area contributed by atoms with Crippen LogP contribution in [0.4, 0.5) is 0 Å². The number of amides is 1. The predicted molar refractivity (Wildman–Crippen MR) is 79.1 cm³/mol. The molecule has 1 aromatic carbocycles. The molecule has 3 rings (SSSR count). The standard InChI is InChI=1S/C16H19N3O2/c1-18-7-5-13-4-3-12(9-15(13)16(18)20)10-19-8-6-14(17-19)11-21-2/h3-4,6,8-9H,5,7,10-11H2,1-2H3. The molecular formula is C16H19N3O2. The summed E-state index contributed by atoms with van der Waals surface area (Å²) in [6.45, 7) is 1.97. The summed E-state index contributed by atoms with van der Waals surface area (Å²) >= 11 is 0. The van der Waals surface area contributed by atoms with Crippen LogP contribution in [0.15, 0.2) is 30.5 Å². The van der Waals surface area contributed by atoms with Crippen molar-refractivity contribution in [2.45, 2.75) is 19.6 Å². The molecular weight excluding hydrogens is 266 g/mol. The molecule has 0 spiro atoms. The van der Waals surface area contributed by atoms with Crippen LogP contribution in [-0.4, -0.2) is 41.3 Å². The van der Waals surface area contributed by atoms with E-state index in [2.05, 4.69) is 17.2 Å². The topological polar surface area (TPSA) is 47.4 Å². The maximum Gasteiger partial charge on any atom is 0.253 e. The van der Waals surface area contributed by atoms with Crippen molar-refractivity contribution in [1.82, 2.24) is 14.7 Å². The molecule has 1 amide bonds. The van der Waals surface area contributed by atoms with Crippen molar-refractivity contribution in [3.63, 3.8) is 0 Å². The molecule has 0 aliphatic carbocycles. The second kappa shape index (κ2) is 5.69. The Balaban J connectivity index is 1.81. The Morgan fingerprint density at radius 2 is 2.19 bits per heavy atom. The Bertz CT molecular complexity index is 663. The summed E-state index contributed by atoms with van der Waals surface area (Å²) in [4.78, 5) is 14.0. The normalized spacial score (nSPS) is 14.4. The molecule has 2 heterocycles. The van der Waals surface area contributed by atoms with Gasteiger partial charge in [-0.25, -0.2) is 0 Å². The highest BCUT2D eigenvalue weighted by Crippen LogP contribution is 2.20. The van der Waals surface area contributed by atoms with E-state index in [-0.39, 0.29) is 5.91 Å². The molecule has 0 saturated carbocycles. The molecule has 0 radical (unpaired) electrons. The number of ether oxygens (including phenoxy) is 1. The first-order valence-electron chi connectivity index (χ1n) is 7.06. The Labute approximate surface area is 124 Å². The van der Waals surface area contributed by atoms with Crippen molar-refractivity contribution >= 4 is 5.91 Å². The third-order valence-corrected chi connectivity index (χ3v) is 3.80. The Morgan fingerprint density at radius 1 is 1.33 bits per heavy atom. The second-order valence-electron chi connectivity index (χ2n) is 5.41. The van der Waals surface area contributed by atoms with Crippen LogP contribution >= 0.6 is 0 Å². The van der Waals surface area contributed by atoms with E-state index in [9.17, 15) is 4.79 Å². The van der Waals surface area contributed by atoms with Crippen molar-refractivity contribution < 1.29 is 9.53 Å². The van der Waals surface area contributed by atoms with Gasteiger partial charge in [0.05, 0.1) is 18.8 Å². The number of hydrogen-bond acceptors (Lipinski definition) is 3. The summed E-state index contributed by atoms with van der Waals surface area (Å²) in [5.41, 5.74) is 3.96. The highest BCUT2D eigenvalue weighted by atomic mass is 16.5. The second-order valence-corrected chi connectivity index (χ2v) is 5.41. The van der Waals surface area contributed by atoms with E-state index in [1.165, 1.54) is 0 Å². The minimum Gasteiger partial charge on any atom is -0.378 e. The summed E-state index contributed by atoms with van der Waals surface area (Å²) in [7, 11) is 3.51. The molecule has 2 aromatic rings. The van der Waals surface area contributed by atoms with Crippen LogP contribution < -0.4 is 0 Å². The number of fused-ring (bicyclic) bond motifs is 1. The first kappa shape index (κ1) is 13.8. The van der Waals surface area contributed by atoms with E-state index in [0.717, 1.165) is 35.3 Å². The van der Waals surface area contributed by atoms with Crippen LogP contribution in [-0.2, 0) is 24.3 Å². The molecule has 1 aromatic heterocycles. The number of aromatic nitrogens is 2. The Morgan fingerprint density at radius 3 is 3.00 bits per heavy atom. The van der Waals surface area contributed by atoms with Gasteiger partial charge in [-0.1, -0.05) is 12.1 Å². The maximum absolute atomic E-state index is 12.2. The highest BCUT2D eigenvalue weighted by Gasteiger charge is 2.21. The molecule has 0 unspecified atom stereocenters. The van der Waals surface area contributed by atoms with Gasteiger partial charge < -0.3 is 9.64 Å². The smallest absolute Gasteiger partial charge is 0.253 e. The van der Waals surface area contributed by atoms with E-state index in [1.54, 1.807) is 12.0 Å². The maximum atomic E-state index is 12.2. The summed E-state index contributed by atoms with van der Waals surface area (Å²) < 4.78 is 6.93. The van der Waals surface area contributed by atoms with Crippen LogP contribution in [0, 0.1) is 0 Å². The minimum atomic E-state index is 0.110. The summed E-state index contributed by atoms with van der Waals surface area (Å²) in [6.07, 6.45) is 2.86. The molecule has 0 bridgehead atoms. The average Bonchev–Trinajstić information content (AvgIpc) is 2.91. The lowest BCUT2D eigenvalue weighted by Gasteiger charge is -2.25. The number of benzene rings is 1. The molecule has 21 heavy (non-hydrogen) atoms. The lowest BCUT2D eigenvalue weighted by molar-refractivity contribution is 0.0780. The first-order chi connectivity index (χ1) is 10.2. The quantitative estimate of drug-likeness (QED) is 0.859. The zero-order valence-corrected chi connectivity index (χ0v) is 12.4. The van der Waals surface area contributed by atoms with Gasteiger partial charge in [0.2, 0.25) is 0 Å². The zero-order chi connectivity index (χ0) is 14.8. The van der Waals surface area contributed by atoms with Gasteiger partial charge in [0, 0.05) is 32.5 Å². The number of hydrogen-bond donors (Lipinski definition) is 0. The van der Waals surface area contributed by atoms with Crippen LogP contribution in [0.25, 0.3) is 0 Å². The van der Waals surface area contributed by atoms with Crippen molar-refractivity contribution in [3.8, 4) is 0 Å². The van der Waals surface area contributed by atoms with Crippen molar-refractivity contribution in [2.75, 3.05) is 20.7 Å². The van der Waals surface area contributed by atoms with E-state index >= 15 is 0 Å². The van der Waals surface area contributed by atoms with E-state index in [4.69, 9.17) is 4.74 Å². The van der Waals surface area contributed by atoms with Crippen LogP contribution in [0.2, 0.25) is 0 Å². The van der Waals surface area contributed by atoms with Gasteiger partial charge in [0.15, 0.2) is 0 Å². The summed E-state index contributed by atoms with van der Waals surface area (Å²) in [5.74, 6) is 0.110. The Kier molecular flexibility index (Phi) is 3.75. The van der Waals surface area contributed by atoms with E-state index in [0.29, 0.717) is 13.2 Å². The van der Waals surface area contributed by atoms with Gasteiger partial charge in [-0.3, -0.25) is 9.48 Å². The third kappa shape index (κ3) is 2.83. The lowest BCUT2D eigenvalue weighted by atomic mass is 9.97. The van der Waals surface area contributed by atoms with E-state index in [1.807, 2.05) is 30.1 Å². The Hall–Kier alpha value is -2.14. The van der Waals surface area contributed by atoms with Crippen molar-refractivity contribution in [1.29, 1.82) is 0 Å². The summed E-state index contributed by atoms with van der Waals surface area (Å²) in [5, 5.41) is 4.44. The number of methoxy groups -OCH3 is 1. The van der Waals surface area contributed by atoms with Gasteiger partial charge in [-0.2, -0.15) is 5.10 Å². The monoisotopic (exact) mass is 285 g/mol. The van der Waals surface area contributed by atoms with Crippen LogP contribution in [0.3, 0.4) is 0 Å². The largest absolute Gasteiger partial charge is 0.378 e. The SMILES string of the molecule is COCc1ccn(Cc2ccc3c(c2)C(=O)N(C)CC3)n1. The molecule has 1 aliphatic rings. The number of nitrogens with zero attached hydrogens (tertiary/aromatic N) is 3. The molecule has 110 valence electrons. The minimum absolute atomic E-state index is 0.110. The van der Waals surface area contributed by atoms with E-state index < -0.39 is 0 Å². The predicted octanol–water partition coefficient (Wildman–Crippen LogP) is 1.71. The average molecular weight is 285 g/mol. The molecule has 0 atom stereocenters. The van der Waals surface area contributed by atoms with Gasteiger partial charge >= 0.3 is 0 Å². The number of carbonyl (C=O) groups is 1.